The second-order valence-electron chi connectivity index (χ2n) is 7.98. The Morgan fingerprint density at radius 2 is 1.59 bits per heavy atom. The van der Waals surface area contributed by atoms with Crippen molar-refractivity contribution >= 4 is 11.8 Å². The van der Waals surface area contributed by atoms with Crippen molar-refractivity contribution in [2.24, 2.45) is 0 Å². The normalized spacial score (nSPS) is 11.5. The molecule has 0 aliphatic heterocycles. The minimum atomic E-state index is -0.760. The van der Waals surface area contributed by atoms with Gasteiger partial charge in [-0.15, -0.1) is 0 Å². The van der Waals surface area contributed by atoms with E-state index in [0.717, 1.165) is 11.3 Å². The summed E-state index contributed by atoms with van der Waals surface area (Å²) in [6, 6.07) is 24.5. The molecule has 1 unspecified atom stereocenters. The zero-order valence-electron chi connectivity index (χ0n) is 19.5. The van der Waals surface area contributed by atoms with E-state index in [-0.39, 0.29) is 24.8 Å². The lowest BCUT2D eigenvalue weighted by Crippen LogP contribution is -2.50. The molecule has 178 valence electrons. The number of para-hydroxylation sites is 1. The number of carbonyl (C=O) groups excluding carboxylic acids is 2. The molecule has 0 aliphatic carbocycles. The van der Waals surface area contributed by atoms with Gasteiger partial charge in [-0.3, -0.25) is 9.59 Å². The average molecular weight is 463 g/mol. The van der Waals surface area contributed by atoms with Crippen LogP contribution in [-0.4, -0.2) is 35.9 Å². The van der Waals surface area contributed by atoms with Crippen LogP contribution in [0.4, 0.5) is 4.39 Å². The number of ether oxygens (including phenoxy) is 1. The van der Waals surface area contributed by atoms with Gasteiger partial charge in [-0.25, -0.2) is 4.39 Å². The Morgan fingerprint density at radius 3 is 2.26 bits per heavy atom. The second-order valence-corrected chi connectivity index (χ2v) is 7.98. The van der Waals surface area contributed by atoms with Crippen LogP contribution < -0.4 is 10.1 Å². The summed E-state index contributed by atoms with van der Waals surface area (Å²) in [4.78, 5) is 27.9. The van der Waals surface area contributed by atoms with Crippen LogP contribution >= 0.6 is 0 Å². The SMILES string of the molecule is CCNC(=O)C(Cc1ccccc1)N(Cc1ccccc1F)C(=O)CCCOc1ccccc1. The van der Waals surface area contributed by atoms with Gasteiger partial charge in [-0.1, -0.05) is 66.7 Å². The summed E-state index contributed by atoms with van der Waals surface area (Å²) in [6.07, 6.45) is 1.01. The van der Waals surface area contributed by atoms with Crippen LogP contribution in [-0.2, 0) is 22.6 Å². The zero-order chi connectivity index (χ0) is 24.2. The third-order valence-electron chi connectivity index (χ3n) is 5.47. The van der Waals surface area contributed by atoms with Crippen molar-refractivity contribution in [2.45, 2.75) is 38.8 Å². The smallest absolute Gasteiger partial charge is 0.243 e. The molecule has 3 aromatic carbocycles. The van der Waals surface area contributed by atoms with Crippen LogP contribution in [0, 0.1) is 5.82 Å². The summed E-state index contributed by atoms with van der Waals surface area (Å²) in [6.45, 7) is 2.66. The number of benzene rings is 3. The van der Waals surface area contributed by atoms with Gasteiger partial charge < -0.3 is 15.0 Å². The van der Waals surface area contributed by atoms with E-state index in [0.29, 0.717) is 31.6 Å². The van der Waals surface area contributed by atoms with Crippen molar-refractivity contribution < 1.29 is 18.7 Å². The molecule has 1 atom stereocenters. The van der Waals surface area contributed by atoms with Crippen LogP contribution in [0.1, 0.15) is 30.9 Å². The summed E-state index contributed by atoms with van der Waals surface area (Å²) >= 11 is 0. The monoisotopic (exact) mass is 462 g/mol. The maximum atomic E-state index is 14.5. The molecule has 0 heterocycles. The molecule has 2 amide bonds. The summed E-state index contributed by atoms with van der Waals surface area (Å²) in [5.41, 5.74) is 1.30. The molecule has 34 heavy (non-hydrogen) atoms. The number of nitrogens with one attached hydrogen (secondary N) is 1. The standard InChI is InChI=1S/C28H31FN2O3/c1-2-30-28(33)26(20-22-12-5-3-6-13-22)31(21-23-14-9-10-17-25(23)29)27(32)18-11-19-34-24-15-7-4-8-16-24/h3-10,12-17,26H,2,11,18-21H2,1H3,(H,30,33). The average Bonchev–Trinajstić information content (AvgIpc) is 2.86. The predicted molar refractivity (Wildman–Crippen MR) is 131 cm³/mol. The Kier molecular flexibility index (Phi) is 9.65. The van der Waals surface area contributed by atoms with E-state index in [1.165, 1.54) is 11.0 Å². The highest BCUT2D eigenvalue weighted by atomic mass is 19.1. The third-order valence-corrected chi connectivity index (χ3v) is 5.47. The number of nitrogens with zero attached hydrogens (tertiary/aromatic N) is 1. The Bertz CT molecular complexity index is 1040. The molecule has 0 aromatic heterocycles. The van der Waals surface area contributed by atoms with Gasteiger partial charge in [0, 0.05) is 31.5 Å². The minimum absolute atomic E-state index is 0.0136. The molecule has 3 aromatic rings. The maximum absolute atomic E-state index is 14.5. The molecule has 0 bridgehead atoms. The van der Waals surface area contributed by atoms with Gasteiger partial charge in [0.1, 0.15) is 17.6 Å². The molecule has 0 aliphatic rings. The zero-order valence-corrected chi connectivity index (χ0v) is 19.5. The third kappa shape index (κ3) is 7.44. The Hall–Kier alpha value is -3.67. The first kappa shape index (κ1) is 25.0. The fraction of sp³-hybridized carbons (Fsp3) is 0.286. The van der Waals surface area contributed by atoms with E-state index >= 15 is 0 Å². The van der Waals surface area contributed by atoms with E-state index in [1.807, 2.05) is 67.6 Å². The number of carbonyl (C=O) groups is 2. The lowest BCUT2D eigenvalue weighted by Gasteiger charge is -2.31. The number of hydrogen-bond acceptors (Lipinski definition) is 3. The maximum Gasteiger partial charge on any atom is 0.243 e. The summed E-state index contributed by atoms with van der Waals surface area (Å²) in [7, 11) is 0. The van der Waals surface area contributed by atoms with E-state index < -0.39 is 11.9 Å². The van der Waals surface area contributed by atoms with Crippen molar-refractivity contribution in [1.82, 2.24) is 10.2 Å². The number of likely N-dealkylation sites (N-methyl/N-ethyl adjacent to an activating group) is 1. The minimum Gasteiger partial charge on any atom is -0.494 e. The van der Waals surface area contributed by atoms with E-state index in [2.05, 4.69) is 5.32 Å². The molecular weight excluding hydrogens is 431 g/mol. The topological polar surface area (TPSA) is 58.6 Å². The largest absolute Gasteiger partial charge is 0.494 e. The Morgan fingerprint density at radius 1 is 0.941 bits per heavy atom. The molecule has 0 radical (unpaired) electrons. The van der Waals surface area contributed by atoms with Crippen LogP contribution in [0.3, 0.4) is 0 Å². The van der Waals surface area contributed by atoms with E-state index in [1.54, 1.807) is 18.2 Å². The molecule has 3 rings (SSSR count). The quantitative estimate of drug-likeness (QED) is 0.395. The van der Waals surface area contributed by atoms with Crippen molar-refractivity contribution in [1.29, 1.82) is 0 Å². The van der Waals surface area contributed by atoms with Crippen LogP contribution in [0.2, 0.25) is 0 Å². The van der Waals surface area contributed by atoms with Crippen LogP contribution in [0.5, 0.6) is 5.75 Å². The predicted octanol–water partition coefficient (Wildman–Crippen LogP) is 4.76. The highest BCUT2D eigenvalue weighted by molar-refractivity contribution is 5.88. The highest BCUT2D eigenvalue weighted by Gasteiger charge is 2.30. The number of amides is 2. The second kappa shape index (κ2) is 13.1. The summed E-state index contributed by atoms with van der Waals surface area (Å²) < 4.78 is 20.2. The summed E-state index contributed by atoms with van der Waals surface area (Å²) in [5, 5.41) is 2.84. The molecule has 0 saturated heterocycles. The first-order chi connectivity index (χ1) is 16.6. The molecule has 1 N–H and O–H groups in total. The van der Waals surface area contributed by atoms with Crippen LogP contribution in [0.15, 0.2) is 84.9 Å². The number of rotatable bonds is 12. The Balaban J connectivity index is 1.78. The molecule has 6 heteroatoms. The van der Waals surface area contributed by atoms with Crippen molar-refractivity contribution in [3.63, 3.8) is 0 Å². The van der Waals surface area contributed by atoms with Gasteiger partial charge in [-0.2, -0.15) is 0 Å². The molecular formula is C28H31FN2O3. The lowest BCUT2D eigenvalue weighted by molar-refractivity contribution is -0.141. The van der Waals surface area contributed by atoms with Gasteiger partial charge in [0.25, 0.3) is 0 Å². The fourth-order valence-electron chi connectivity index (χ4n) is 3.73. The van der Waals surface area contributed by atoms with E-state index in [4.69, 9.17) is 4.74 Å². The first-order valence-corrected chi connectivity index (χ1v) is 11.6. The molecule has 0 fully saturated rings. The van der Waals surface area contributed by atoms with E-state index in [9.17, 15) is 14.0 Å². The van der Waals surface area contributed by atoms with Gasteiger partial charge in [0.05, 0.1) is 6.61 Å². The number of hydrogen-bond donors (Lipinski definition) is 1. The van der Waals surface area contributed by atoms with Crippen molar-refractivity contribution in [3.8, 4) is 5.75 Å². The first-order valence-electron chi connectivity index (χ1n) is 11.6. The van der Waals surface area contributed by atoms with Crippen LogP contribution in [0.25, 0.3) is 0 Å². The Labute approximate surface area is 200 Å². The van der Waals surface area contributed by atoms with Gasteiger partial charge in [-0.05, 0) is 37.1 Å². The van der Waals surface area contributed by atoms with Gasteiger partial charge in [0.15, 0.2) is 0 Å². The summed E-state index contributed by atoms with van der Waals surface area (Å²) in [5.74, 6) is -0.131. The fourth-order valence-corrected chi connectivity index (χ4v) is 3.73. The van der Waals surface area contributed by atoms with Gasteiger partial charge in [0.2, 0.25) is 11.8 Å². The van der Waals surface area contributed by atoms with Crippen molar-refractivity contribution in [3.05, 3.63) is 102 Å². The van der Waals surface area contributed by atoms with Crippen molar-refractivity contribution in [2.75, 3.05) is 13.2 Å². The molecule has 0 spiro atoms. The van der Waals surface area contributed by atoms with Gasteiger partial charge >= 0.3 is 0 Å². The molecule has 5 nitrogen and oxygen atoms in total. The lowest BCUT2D eigenvalue weighted by atomic mass is 10.0. The number of halogens is 1. The highest BCUT2D eigenvalue weighted by Crippen LogP contribution is 2.18. The molecule has 0 saturated carbocycles.